The highest BCUT2D eigenvalue weighted by Crippen LogP contribution is 2.36. The van der Waals surface area contributed by atoms with Crippen molar-refractivity contribution in [1.29, 1.82) is 0 Å². The first kappa shape index (κ1) is 12.7. The predicted molar refractivity (Wildman–Crippen MR) is 63.8 cm³/mol. The number of halogens is 2. The van der Waals surface area contributed by atoms with Gasteiger partial charge in [-0.15, -0.1) is 0 Å². The Labute approximate surface area is 105 Å². The Balaban J connectivity index is 3.15. The zero-order chi connectivity index (χ0) is 11.6. The standard InChI is InChI=1S/C10H10Br2O3/c1-5(13)7-3-8(11)10(9(12)4-7)15-6(2)14/h3-5,13H,1-2H3. The summed E-state index contributed by atoms with van der Waals surface area (Å²) in [7, 11) is 0. The second-order valence-corrected chi connectivity index (χ2v) is 4.79. The first-order valence-corrected chi connectivity index (χ1v) is 5.86. The smallest absolute Gasteiger partial charge is 0.308 e. The molecule has 0 aliphatic rings. The minimum Gasteiger partial charge on any atom is -0.424 e. The summed E-state index contributed by atoms with van der Waals surface area (Å²) in [6, 6.07) is 3.43. The van der Waals surface area contributed by atoms with Gasteiger partial charge in [0, 0.05) is 6.92 Å². The minimum absolute atomic E-state index is 0.388. The van der Waals surface area contributed by atoms with E-state index in [-0.39, 0.29) is 5.97 Å². The fourth-order valence-corrected chi connectivity index (χ4v) is 2.45. The van der Waals surface area contributed by atoms with E-state index in [1.807, 2.05) is 0 Å². The molecule has 1 rings (SSSR count). The van der Waals surface area contributed by atoms with Crippen molar-refractivity contribution in [2.75, 3.05) is 0 Å². The molecular weight excluding hydrogens is 328 g/mol. The van der Waals surface area contributed by atoms with Gasteiger partial charge in [0.2, 0.25) is 0 Å². The SMILES string of the molecule is CC(=O)Oc1c(Br)cc(C(C)O)cc1Br. The molecule has 1 aromatic carbocycles. The van der Waals surface area contributed by atoms with Gasteiger partial charge in [0.25, 0.3) is 0 Å². The van der Waals surface area contributed by atoms with Crippen LogP contribution in [0.5, 0.6) is 5.75 Å². The highest BCUT2D eigenvalue weighted by molar-refractivity contribution is 9.11. The highest BCUT2D eigenvalue weighted by atomic mass is 79.9. The maximum absolute atomic E-state index is 10.8. The molecule has 3 nitrogen and oxygen atoms in total. The second kappa shape index (κ2) is 5.09. The van der Waals surface area contributed by atoms with Gasteiger partial charge in [-0.1, -0.05) is 0 Å². The molecule has 82 valence electrons. The fourth-order valence-electron chi connectivity index (χ4n) is 1.06. The molecule has 0 radical (unpaired) electrons. The molecule has 5 heteroatoms. The summed E-state index contributed by atoms with van der Waals surface area (Å²) in [5, 5.41) is 9.40. The fraction of sp³-hybridized carbons (Fsp3) is 0.300. The van der Waals surface area contributed by atoms with Crippen molar-refractivity contribution in [3.8, 4) is 5.75 Å². The van der Waals surface area contributed by atoms with E-state index in [0.29, 0.717) is 14.7 Å². The monoisotopic (exact) mass is 336 g/mol. The number of carbonyl (C=O) groups is 1. The number of esters is 1. The Morgan fingerprint density at radius 1 is 1.40 bits per heavy atom. The number of hydrogen-bond donors (Lipinski definition) is 1. The second-order valence-electron chi connectivity index (χ2n) is 3.08. The topological polar surface area (TPSA) is 46.5 Å². The quantitative estimate of drug-likeness (QED) is 0.666. The zero-order valence-electron chi connectivity index (χ0n) is 8.25. The van der Waals surface area contributed by atoms with Gasteiger partial charge < -0.3 is 9.84 Å². The summed E-state index contributed by atoms with van der Waals surface area (Å²) in [5.41, 5.74) is 0.740. The molecular formula is C10H10Br2O3. The molecule has 0 aliphatic heterocycles. The molecule has 0 fully saturated rings. The molecule has 0 saturated heterocycles. The van der Waals surface area contributed by atoms with Crippen LogP contribution < -0.4 is 4.74 Å². The number of benzene rings is 1. The van der Waals surface area contributed by atoms with Gasteiger partial charge in [0.05, 0.1) is 15.0 Å². The van der Waals surface area contributed by atoms with E-state index in [1.165, 1.54) is 6.92 Å². The first-order valence-electron chi connectivity index (χ1n) is 4.27. The lowest BCUT2D eigenvalue weighted by Gasteiger charge is -2.11. The van der Waals surface area contributed by atoms with E-state index in [1.54, 1.807) is 19.1 Å². The summed E-state index contributed by atoms with van der Waals surface area (Å²) in [6.07, 6.45) is -0.566. The summed E-state index contributed by atoms with van der Waals surface area (Å²) >= 11 is 6.55. The summed E-state index contributed by atoms with van der Waals surface area (Å²) in [5.74, 6) is 0.0353. The van der Waals surface area contributed by atoms with Crippen LogP contribution in [0.25, 0.3) is 0 Å². The van der Waals surface area contributed by atoms with Gasteiger partial charge in [-0.25, -0.2) is 0 Å². The molecule has 1 unspecified atom stereocenters. The van der Waals surface area contributed by atoms with Gasteiger partial charge in [0.1, 0.15) is 0 Å². The number of aliphatic hydroxyl groups is 1. The number of hydrogen-bond acceptors (Lipinski definition) is 3. The Morgan fingerprint density at radius 3 is 2.20 bits per heavy atom. The molecule has 1 atom stereocenters. The van der Waals surface area contributed by atoms with E-state index in [2.05, 4.69) is 31.9 Å². The van der Waals surface area contributed by atoms with Gasteiger partial charge in [0.15, 0.2) is 5.75 Å². The van der Waals surface area contributed by atoms with Gasteiger partial charge in [-0.2, -0.15) is 0 Å². The maximum Gasteiger partial charge on any atom is 0.308 e. The molecule has 0 bridgehead atoms. The van der Waals surface area contributed by atoms with Crippen LogP contribution in [0.1, 0.15) is 25.5 Å². The Kier molecular flexibility index (Phi) is 4.31. The van der Waals surface area contributed by atoms with Crippen LogP contribution >= 0.6 is 31.9 Å². The van der Waals surface area contributed by atoms with E-state index >= 15 is 0 Å². The van der Waals surface area contributed by atoms with Crippen molar-refractivity contribution in [2.45, 2.75) is 20.0 Å². The molecule has 0 spiro atoms. The molecule has 1 N–H and O–H groups in total. The van der Waals surface area contributed by atoms with E-state index in [0.717, 1.165) is 5.56 Å². The van der Waals surface area contributed by atoms with Crippen LogP contribution in [0.4, 0.5) is 0 Å². The van der Waals surface area contributed by atoms with E-state index in [9.17, 15) is 9.90 Å². The Morgan fingerprint density at radius 2 is 1.87 bits per heavy atom. The van der Waals surface area contributed by atoms with Gasteiger partial charge in [-0.05, 0) is 56.5 Å². The Bertz CT molecular complexity index is 365. The van der Waals surface area contributed by atoms with Crippen LogP contribution in [0.15, 0.2) is 21.1 Å². The average molecular weight is 338 g/mol. The summed E-state index contributed by atoms with van der Waals surface area (Å²) < 4.78 is 6.25. The van der Waals surface area contributed by atoms with Crippen molar-refractivity contribution in [1.82, 2.24) is 0 Å². The van der Waals surface area contributed by atoms with Crippen molar-refractivity contribution in [3.63, 3.8) is 0 Å². The third-order valence-corrected chi connectivity index (χ3v) is 2.93. The summed E-state index contributed by atoms with van der Waals surface area (Å²) in [4.78, 5) is 10.8. The number of aliphatic hydroxyl groups excluding tert-OH is 1. The molecule has 0 saturated carbocycles. The van der Waals surface area contributed by atoms with Crippen molar-refractivity contribution in [3.05, 3.63) is 26.6 Å². The number of carbonyl (C=O) groups excluding carboxylic acids is 1. The Hall–Kier alpha value is -0.390. The van der Waals surface area contributed by atoms with Gasteiger partial charge in [-0.3, -0.25) is 4.79 Å². The van der Waals surface area contributed by atoms with E-state index < -0.39 is 6.10 Å². The number of ether oxygens (including phenoxy) is 1. The van der Waals surface area contributed by atoms with Gasteiger partial charge >= 0.3 is 5.97 Å². The lowest BCUT2D eigenvalue weighted by molar-refractivity contribution is -0.131. The molecule has 1 aromatic rings. The minimum atomic E-state index is -0.566. The normalized spacial score (nSPS) is 12.3. The average Bonchev–Trinajstić information content (AvgIpc) is 2.10. The lowest BCUT2D eigenvalue weighted by atomic mass is 10.1. The van der Waals surface area contributed by atoms with E-state index in [4.69, 9.17) is 4.74 Å². The summed E-state index contributed by atoms with van der Waals surface area (Å²) in [6.45, 7) is 3.00. The van der Waals surface area contributed by atoms with Crippen molar-refractivity contribution in [2.24, 2.45) is 0 Å². The first-order chi connectivity index (χ1) is 6.91. The number of rotatable bonds is 2. The molecule has 0 aliphatic carbocycles. The van der Waals surface area contributed by atoms with Crippen molar-refractivity contribution < 1.29 is 14.6 Å². The predicted octanol–water partition coefficient (Wildman–Crippen LogP) is 3.19. The van der Waals surface area contributed by atoms with Crippen LogP contribution in [-0.4, -0.2) is 11.1 Å². The molecule has 0 aromatic heterocycles. The zero-order valence-corrected chi connectivity index (χ0v) is 11.4. The third kappa shape index (κ3) is 3.29. The molecule has 15 heavy (non-hydrogen) atoms. The van der Waals surface area contributed by atoms with Crippen LogP contribution in [0, 0.1) is 0 Å². The van der Waals surface area contributed by atoms with Crippen molar-refractivity contribution >= 4 is 37.8 Å². The van der Waals surface area contributed by atoms with Crippen LogP contribution in [-0.2, 0) is 4.79 Å². The molecule has 0 amide bonds. The molecule has 0 heterocycles. The highest BCUT2D eigenvalue weighted by Gasteiger charge is 2.12. The lowest BCUT2D eigenvalue weighted by Crippen LogP contribution is -2.03. The van der Waals surface area contributed by atoms with Crippen LogP contribution in [0.3, 0.4) is 0 Å². The maximum atomic E-state index is 10.8. The van der Waals surface area contributed by atoms with Crippen LogP contribution in [0.2, 0.25) is 0 Å². The largest absolute Gasteiger partial charge is 0.424 e. The third-order valence-electron chi connectivity index (χ3n) is 1.75.